The zero-order valence-corrected chi connectivity index (χ0v) is 11.6. The largest absolute Gasteiger partial charge is 0.369 e. The van der Waals surface area contributed by atoms with Gasteiger partial charge in [0.1, 0.15) is 11.6 Å². The van der Waals surface area contributed by atoms with Gasteiger partial charge >= 0.3 is 0 Å². The van der Waals surface area contributed by atoms with Crippen LogP contribution in [0.5, 0.6) is 0 Å². The minimum Gasteiger partial charge on any atom is -0.369 e. The Labute approximate surface area is 116 Å². The summed E-state index contributed by atoms with van der Waals surface area (Å²) in [4.78, 5) is 8.24. The lowest BCUT2D eigenvalue weighted by atomic mass is 10.1. The minimum absolute atomic E-state index is 0.217. The molecule has 1 N–H and O–H groups in total. The van der Waals surface area contributed by atoms with Gasteiger partial charge in [-0.2, -0.15) is 0 Å². The quantitative estimate of drug-likeness (QED) is 0.870. The SMILES string of the molecule is Cc1nc(Cl)nc(NCCc2ccc(F)cc2)c1C. The molecule has 5 heteroatoms. The Morgan fingerprint density at radius 2 is 1.84 bits per heavy atom. The first kappa shape index (κ1) is 13.7. The summed E-state index contributed by atoms with van der Waals surface area (Å²) in [6.45, 7) is 4.55. The fourth-order valence-electron chi connectivity index (χ4n) is 1.74. The summed E-state index contributed by atoms with van der Waals surface area (Å²) >= 11 is 5.83. The fraction of sp³-hybridized carbons (Fsp3) is 0.286. The molecule has 1 heterocycles. The van der Waals surface area contributed by atoms with Gasteiger partial charge in [0, 0.05) is 17.8 Å². The molecule has 100 valence electrons. The Morgan fingerprint density at radius 3 is 2.53 bits per heavy atom. The van der Waals surface area contributed by atoms with E-state index in [0.717, 1.165) is 29.1 Å². The van der Waals surface area contributed by atoms with Crippen LogP contribution in [0.1, 0.15) is 16.8 Å². The standard InChI is InChI=1S/C14H15ClFN3/c1-9-10(2)18-14(15)19-13(9)17-8-7-11-3-5-12(16)6-4-11/h3-6H,7-8H2,1-2H3,(H,17,18,19). The lowest BCUT2D eigenvalue weighted by Gasteiger charge is -2.10. The third-order valence-electron chi connectivity index (χ3n) is 2.98. The van der Waals surface area contributed by atoms with Crippen molar-refractivity contribution in [3.8, 4) is 0 Å². The van der Waals surface area contributed by atoms with Gasteiger partial charge in [-0.1, -0.05) is 12.1 Å². The number of rotatable bonds is 4. The normalized spacial score (nSPS) is 10.5. The lowest BCUT2D eigenvalue weighted by Crippen LogP contribution is -2.09. The highest BCUT2D eigenvalue weighted by Crippen LogP contribution is 2.17. The van der Waals surface area contributed by atoms with E-state index >= 15 is 0 Å². The highest BCUT2D eigenvalue weighted by molar-refractivity contribution is 6.28. The molecule has 0 aliphatic rings. The van der Waals surface area contributed by atoms with Gasteiger partial charge in [0.2, 0.25) is 5.28 Å². The van der Waals surface area contributed by atoms with Crippen LogP contribution in [0, 0.1) is 19.7 Å². The van der Waals surface area contributed by atoms with Crippen molar-refractivity contribution in [2.75, 3.05) is 11.9 Å². The van der Waals surface area contributed by atoms with Gasteiger partial charge in [-0.3, -0.25) is 0 Å². The predicted molar refractivity (Wildman–Crippen MR) is 75.1 cm³/mol. The smallest absolute Gasteiger partial charge is 0.224 e. The molecule has 0 unspecified atom stereocenters. The molecule has 0 saturated heterocycles. The maximum Gasteiger partial charge on any atom is 0.224 e. The van der Waals surface area contributed by atoms with Crippen LogP contribution in [0.4, 0.5) is 10.2 Å². The Morgan fingerprint density at radius 1 is 1.16 bits per heavy atom. The summed E-state index contributed by atoms with van der Waals surface area (Å²) in [7, 11) is 0. The maximum absolute atomic E-state index is 12.8. The second-order valence-corrected chi connectivity index (χ2v) is 4.69. The number of aromatic nitrogens is 2. The van der Waals surface area contributed by atoms with Crippen LogP contribution >= 0.6 is 11.6 Å². The highest BCUT2D eigenvalue weighted by Gasteiger charge is 2.06. The average molecular weight is 280 g/mol. The first-order valence-electron chi connectivity index (χ1n) is 6.05. The number of hydrogen-bond acceptors (Lipinski definition) is 3. The average Bonchev–Trinajstić information content (AvgIpc) is 2.37. The van der Waals surface area contributed by atoms with Crippen molar-refractivity contribution in [1.29, 1.82) is 0 Å². The number of halogens is 2. The molecule has 0 aliphatic carbocycles. The van der Waals surface area contributed by atoms with Crippen LogP contribution < -0.4 is 5.32 Å². The van der Waals surface area contributed by atoms with E-state index in [-0.39, 0.29) is 11.1 Å². The van der Waals surface area contributed by atoms with E-state index in [1.54, 1.807) is 12.1 Å². The minimum atomic E-state index is -0.217. The van der Waals surface area contributed by atoms with Crippen LogP contribution in [0.25, 0.3) is 0 Å². The van der Waals surface area contributed by atoms with Crippen LogP contribution in [0.2, 0.25) is 5.28 Å². The summed E-state index contributed by atoms with van der Waals surface area (Å²) in [6.07, 6.45) is 0.792. The molecule has 19 heavy (non-hydrogen) atoms. The van der Waals surface area contributed by atoms with Gasteiger partial charge < -0.3 is 5.32 Å². The van der Waals surface area contributed by atoms with Gasteiger partial charge in [-0.25, -0.2) is 14.4 Å². The van der Waals surface area contributed by atoms with Gasteiger partial charge in [-0.05, 0) is 49.6 Å². The van der Waals surface area contributed by atoms with E-state index in [4.69, 9.17) is 11.6 Å². The lowest BCUT2D eigenvalue weighted by molar-refractivity contribution is 0.627. The number of hydrogen-bond donors (Lipinski definition) is 1. The van der Waals surface area contributed by atoms with E-state index in [1.807, 2.05) is 13.8 Å². The molecular weight excluding hydrogens is 265 g/mol. The molecule has 1 aromatic heterocycles. The topological polar surface area (TPSA) is 37.8 Å². The Bertz CT molecular complexity index is 570. The number of anilines is 1. The number of nitrogens with zero attached hydrogens (tertiary/aromatic N) is 2. The molecule has 1 aromatic carbocycles. The van der Waals surface area contributed by atoms with E-state index in [2.05, 4.69) is 15.3 Å². The Kier molecular flexibility index (Phi) is 4.32. The molecule has 0 bridgehead atoms. The first-order valence-corrected chi connectivity index (χ1v) is 6.43. The molecule has 0 spiro atoms. The van der Waals surface area contributed by atoms with Crippen LogP contribution in [0.15, 0.2) is 24.3 Å². The van der Waals surface area contributed by atoms with Crippen LogP contribution in [-0.4, -0.2) is 16.5 Å². The summed E-state index contributed by atoms with van der Waals surface area (Å²) < 4.78 is 12.8. The van der Waals surface area contributed by atoms with Crippen LogP contribution in [0.3, 0.4) is 0 Å². The predicted octanol–water partition coefficient (Wildman–Crippen LogP) is 3.54. The molecule has 0 saturated carbocycles. The van der Waals surface area contributed by atoms with E-state index in [1.165, 1.54) is 12.1 Å². The first-order chi connectivity index (χ1) is 9.06. The van der Waals surface area contributed by atoms with Gasteiger partial charge in [0.05, 0.1) is 0 Å². The molecule has 0 radical (unpaired) electrons. The van der Waals surface area contributed by atoms with E-state index in [9.17, 15) is 4.39 Å². The third kappa shape index (κ3) is 3.64. The summed E-state index contributed by atoms with van der Waals surface area (Å²) in [6, 6.07) is 6.49. The van der Waals surface area contributed by atoms with Crippen molar-refractivity contribution in [3.63, 3.8) is 0 Å². The summed E-state index contributed by atoms with van der Waals surface area (Å²) in [5.41, 5.74) is 2.93. The summed E-state index contributed by atoms with van der Waals surface area (Å²) in [5, 5.41) is 3.47. The molecule has 2 rings (SSSR count). The second kappa shape index (κ2) is 5.97. The Hall–Kier alpha value is -1.68. The van der Waals surface area contributed by atoms with Crippen LogP contribution in [-0.2, 0) is 6.42 Å². The second-order valence-electron chi connectivity index (χ2n) is 4.35. The van der Waals surface area contributed by atoms with E-state index in [0.29, 0.717) is 6.54 Å². The molecule has 0 atom stereocenters. The molecule has 0 amide bonds. The van der Waals surface area contributed by atoms with Crippen molar-refractivity contribution < 1.29 is 4.39 Å². The molecule has 2 aromatic rings. The monoisotopic (exact) mass is 279 g/mol. The van der Waals surface area contributed by atoms with Crippen molar-refractivity contribution in [2.45, 2.75) is 20.3 Å². The van der Waals surface area contributed by atoms with Gasteiger partial charge in [0.25, 0.3) is 0 Å². The van der Waals surface area contributed by atoms with Gasteiger partial charge in [-0.15, -0.1) is 0 Å². The molecule has 3 nitrogen and oxygen atoms in total. The van der Waals surface area contributed by atoms with Crippen molar-refractivity contribution in [3.05, 3.63) is 52.2 Å². The van der Waals surface area contributed by atoms with E-state index < -0.39 is 0 Å². The number of aryl methyl sites for hydroxylation is 1. The zero-order valence-electron chi connectivity index (χ0n) is 10.9. The highest BCUT2D eigenvalue weighted by atomic mass is 35.5. The maximum atomic E-state index is 12.8. The fourth-order valence-corrected chi connectivity index (χ4v) is 1.95. The molecule has 0 fully saturated rings. The third-order valence-corrected chi connectivity index (χ3v) is 3.15. The molecular formula is C14H15ClFN3. The number of benzene rings is 1. The molecule has 0 aliphatic heterocycles. The van der Waals surface area contributed by atoms with Crippen molar-refractivity contribution >= 4 is 17.4 Å². The van der Waals surface area contributed by atoms with Crippen molar-refractivity contribution in [2.24, 2.45) is 0 Å². The Balaban J connectivity index is 1.98. The number of nitrogens with one attached hydrogen (secondary N) is 1. The summed E-state index contributed by atoms with van der Waals surface area (Å²) in [5.74, 6) is 0.533. The van der Waals surface area contributed by atoms with Gasteiger partial charge in [0.15, 0.2) is 0 Å². The van der Waals surface area contributed by atoms with Crippen molar-refractivity contribution in [1.82, 2.24) is 9.97 Å². The zero-order chi connectivity index (χ0) is 13.8.